The minimum atomic E-state index is 1.04. The van der Waals surface area contributed by atoms with Gasteiger partial charge in [-0.2, -0.15) is 0 Å². The topological polar surface area (TPSA) is 0 Å². The monoisotopic (exact) mass is 567 g/mol. The molecule has 0 amide bonds. The van der Waals surface area contributed by atoms with Gasteiger partial charge in [-0.05, 0) is 36.1 Å². The van der Waals surface area contributed by atoms with Gasteiger partial charge in [0, 0.05) is 11.1 Å². The third-order valence-corrected chi connectivity index (χ3v) is 8.83. The average Bonchev–Trinajstić information content (AvgIpc) is 2.79. The van der Waals surface area contributed by atoms with Crippen molar-refractivity contribution in [2.75, 3.05) is 151 Å². The van der Waals surface area contributed by atoms with Gasteiger partial charge in [-0.15, -0.1) is 0 Å². The van der Waals surface area contributed by atoms with E-state index in [4.69, 9.17) is 0 Å². The number of nitrogens with zero attached hydrogens (tertiary/aromatic N) is 6. The molecule has 234 valence electrons. The normalized spacial score (nSPS) is 14.2. The lowest BCUT2D eigenvalue weighted by Gasteiger charge is -2.38. The summed E-state index contributed by atoms with van der Waals surface area (Å²) in [5.41, 5.74) is 6.26. The highest BCUT2D eigenvalue weighted by molar-refractivity contribution is 5.39. The van der Waals surface area contributed by atoms with Gasteiger partial charge >= 0.3 is 0 Å². The zero-order valence-corrected chi connectivity index (χ0v) is 30.3. The fourth-order valence-electron chi connectivity index (χ4n) is 5.32. The summed E-state index contributed by atoms with van der Waals surface area (Å²) >= 11 is 0. The molecule has 0 spiro atoms. The van der Waals surface area contributed by atoms with E-state index in [2.05, 4.69) is 125 Å². The summed E-state index contributed by atoms with van der Waals surface area (Å²) in [4.78, 5) is 0. The molecule has 0 unspecified atom stereocenters. The maximum absolute atomic E-state index is 2.55. The van der Waals surface area contributed by atoms with Crippen LogP contribution in [0.5, 0.6) is 0 Å². The molecule has 6 heteroatoms. The van der Waals surface area contributed by atoms with E-state index in [1.54, 1.807) is 16.7 Å². The molecule has 0 fully saturated rings. The van der Waals surface area contributed by atoms with Crippen molar-refractivity contribution < 1.29 is 26.9 Å². The molecule has 0 saturated carbocycles. The van der Waals surface area contributed by atoms with Crippen LogP contribution in [0.25, 0.3) is 0 Å². The van der Waals surface area contributed by atoms with E-state index in [0.717, 1.165) is 52.8 Å². The highest BCUT2D eigenvalue weighted by Gasteiger charge is 2.28. The van der Waals surface area contributed by atoms with E-state index in [-0.39, 0.29) is 0 Å². The second-order valence-corrected chi connectivity index (χ2v) is 17.5. The molecule has 0 aliphatic rings. The molecule has 1 rings (SSSR count). The first kappa shape index (κ1) is 37.0. The van der Waals surface area contributed by atoms with Crippen molar-refractivity contribution in [2.24, 2.45) is 0 Å². The number of hydrogen-bond donors (Lipinski definition) is 0. The van der Waals surface area contributed by atoms with Crippen molar-refractivity contribution in [1.82, 2.24) is 0 Å². The molecule has 0 saturated heterocycles. The molecule has 0 heterocycles. The summed E-state index contributed by atoms with van der Waals surface area (Å²) in [5, 5.41) is 0. The lowest BCUT2D eigenvalue weighted by Crippen LogP contribution is -2.54. The van der Waals surface area contributed by atoms with Crippen molar-refractivity contribution in [3.05, 3.63) is 34.4 Å². The van der Waals surface area contributed by atoms with Gasteiger partial charge in [0.1, 0.15) is 65.4 Å². The predicted molar refractivity (Wildman–Crippen MR) is 176 cm³/mol. The lowest BCUT2D eigenvalue weighted by molar-refractivity contribution is -0.968. The Hall–Kier alpha value is -1.02. The molecule has 0 aliphatic heterocycles. The molecule has 0 N–H and O–H groups in total. The molecule has 0 aliphatic carbocycles. The fourth-order valence-corrected chi connectivity index (χ4v) is 5.32. The average molecular weight is 567 g/mol. The minimum Gasteiger partial charge on any atom is -0.326 e. The van der Waals surface area contributed by atoms with Crippen LogP contribution in [0.1, 0.15) is 36.1 Å². The molecule has 1 aromatic carbocycles. The first-order chi connectivity index (χ1) is 17.9. The van der Waals surface area contributed by atoms with E-state index in [0.29, 0.717) is 0 Å². The maximum Gasteiger partial charge on any atom is 0.128 e. The van der Waals surface area contributed by atoms with Gasteiger partial charge in [-0.1, -0.05) is 13.8 Å². The van der Waals surface area contributed by atoms with Gasteiger partial charge < -0.3 is 26.9 Å². The summed E-state index contributed by atoms with van der Waals surface area (Å²) in [6, 6.07) is 5.10. The van der Waals surface area contributed by atoms with Crippen LogP contribution < -0.4 is 0 Å². The van der Waals surface area contributed by atoms with Crippen molar-refractivity contribution in [3.63, 3.8) is 0 Å². The highest BCUT2D eigenvalue weighted by Crippen LogP contribution is 2.25. The molecule has 0 radical (unpaired) electrons. The smallest absolute Gasteiger partial charge is 0.128 e. The van der Waals surface area contributed by atoms with Gasteiger partial charge in [0.25, 0.3) is 0 Å². The van der Waals surface area contributed by atoms with Crippen LogP contribution in [0, 0.1) is 0 Å². The van der Waals surface area contributed by atoms with Crippen molar-refractivity contribution >= 4 is 0 Å². The molecule has 40 heavy (non-hydrogen) atoms. The molecule has 1 aromatic rings. The SMILES string of the molecule is CCc1cc(C[N+](C)(C)CC[N+](C)(C)CC[N+](C)(C)C)cc(CC)c1C[N+](C)(C)CC[N+](C)(C)CC[N+](C)(C)C. The number of hydrogen-bond acceptors (Lipinski definition) is 0. The number of quaternary nitrogens is 6. The Morgan fingerprint density at radius 3 is 1.02 bits per heavy atom. The Morgan fingerprint density at radius 1 is 0.400 bits per heavy atom. The quantitative estimate of drug-likeness (QED) is 0.239. The van der Waals surface area contributed by atoms with Gasteiger partial charge in [0.05, 0.1) is 98.7 Å². The van der Waals surface area contributed by atoms with Crippen LogP contribution in [0.2, 0.25) is 0 Å². The minimum absolute atomic E-state index is 1.04. The van der Waals surface area contributed by atoms with E-state index in [1.807, 2.05) is 0 Å². The van der Waals surface area contributed by atoms with Crippen LogP contribution >= 0.6 is 0 Å². The summed E-state index contributed by atoms with van der Waals surface area (Å²) in [5.74, 6) is 0. The van der Waals surface area contributed by atoms with Gasteiger partial charge in [0.15, 0.2) is 0 Å². The van der Waals surface area contributed by atoms with E-state index in [1.165, 1.54) is 57.9 Å². The Morgan fingerprint density at radius 2 is 0.700 bits per heavy atom. The number of benzene rings is 1. The Kier molecular flexibility index (Phi) is 12.9. The first-order valence-corrected chi connectivity index (χ1v) is 15.9. The van der Waals surface area contributed by atoms with Crippen LogP contribution in [0.3, 0.4) is 0 Å². The number of aryl methyl sites for hydroxylation is 2. The van der Waals surface area contributed by atoms with Crippen molar-refractivity contribution in [3.8, 4) is 0 Å². The molecule has 0 aromatic heterocycles. The molecular weight excluding hydrogens is 492 g/mol. The number of likely N-dealkylation sites (N-methyl/N-ethyl adjacent to an activating group) is 6. The fraction of sp³-hybridized carbons (Fsp3) is 0.824. The Bertz CT molecular complexity index is 890. The van der Waals surface area contributed by atoms with Crippen LogP contribution in [0.4, 0.5) is 0 Å². The predicted octanol–water partition coefficient (Wildman–Crippen LogP) is 3.53. The van der Waals surface area contributed by atoms with E-state index in [9.17, 15) is 0 Å². The lowest BCUT2D eigenvalue weighted by atomic mass is 9.93. The third kappa shape index (κ3) is 14.7. The van der Waals surface area contributed by atoms with Gasteiger partial charge in [0.2, 0.25) is 0 Å². The summed E-state index contributed by atoms with van der Waals surface area (Å²) < 4.78 is 6.35. The van der Waals surface area contributed by atoms with Crippen LogP contribution in [-0.2, 0) is 25.9 Å². The first-order valence-electron chi connectivity index (χ1n) is 15.9. The zero-order valence-electron chi connectivity index (χ0n) is 30.3. The molecule has 0 atom stereocenters. The van der Waals surface area contributed by atoms with E-state index >= 15 is 0 Å². The molecular formula is C34H74N6+6. The highest BCUT2D eigenvalue weighted by atomic mass is 15.4. The summed E-state index contributed by atoms with van der Waals surface area (Å²) in [7, 11) is 33.1. The van der Waals surface area contributed by atoms with Gasteiger partial charge in [-0.3, -0.25) is 0 Å². The molecule has 6 nitrogen and oxygen atoms in total. The summed E-state index contributed by atoms with van der Waals surface area (Å²) in [6.07, 6.45) is 2.23. The van der Waals surface area contributed by atoms with Crippen molar-refractivity contribution in [2.45, 2.75) is 39.8 Å². The maximum atomic E-state index is 2.55. The van der Waals surface area contributed by atoms with Crippen LogP contribution in [-0.4, -0.2) is 178 Å². The second-order valence-electron chi connectivity index (χ2n) is 17.5. The van der Waals surface area contributed by atoms with Gasteiger partial charge in [-0.25, -0.2) is 0 Å². The second kappa shape index (κ2) is 14.0. The largest absolute Gasteiger partial charge is 0.326 e. The Labute approximate surface area is 251 Å². The van der Waals surface area contributed by atoms with Crippen molar-refractivity contribution in [1.29, 1.82) is 0 Å². The standard InChI is InChI=1S/C34H74N6/c1-17-32-27-31(29-39(13,14)25-23-37(9,10)21-19-35(3,4)5)28-33(18-2)34(32)30-40(15,16)26-24-38(11,12)22-20-36(6,7)8/h27-28H,17-26,29-30H2,1-16H3/q+6. The zero-order chi connectivity index (χ0) is 31.2. The molecule has 0 bridgehead atoms. The third-order valence-electron chi connectivity index (χ3n) is 8.83. The van der Waals surface area contributed by atoms with E-state index < -0.39 is 0 Å². The number of rotatable bonds is 18. The Balaban J connectivity index is 2.99. The van der Waals surface area contributed by atoms with Crippen LogP contribution in [0.15, 0.2) is 12.1 Å². The summed E-state index contributed by atoms with van der Waals surface area (Å²) in [6.45, 7) is 16.6.